The molecule has 0 fully saturated rings. The highest BCUT2D eigenvalue weighted by Crippen LogP contribution is 2.03. The Labute approximate surface area is 83.6 Å². The number of nitrogens with two attached hydrogens (primary N) is 1. The van der Waals surface area contributed by atoms with Gasteiger partial charge < -0.3 is 15.8 Å². The molecule has 0 saturated heterocycles. The highest BCUT2D eigenvalue weighted by molar-refractivity contribution is 5.77. The van der Waals surface area contributed by atoms with E-state index in [4.69, 9.17) is 10.9 Å². The van der Waals surface area contributed by atoms with Crippen molar-refractivity contribution in [2.24, 2.45) is 10.9 Å². The Hall–Kier alpha value is -1.71. The Morgan fingerprint density at radius 1 is 1.43 bits per heavy atom. The Kier molecular flexibility index (Phi) is 3.79. The van der Waals surface area contributed by atoms with E-state index in [0.717, 1.165) is 5.56 Å². The van der Waals surface area contributed by atoms with Crippen molar-refractivity contribution in [3.63, 3.8) is 0 Å². The van der Waals surface area contributed by atoms with E-state index < -0.39 is 0 Å². The summed E-state index contributed by atoms with van der Waals surface area (Å²) in [6, 6.07) is 9.91. The van der Waals surface area contributed by atoms with Gasteiger partial charge in [0.2, 0.25) is 5.96 Å². The van der Waals surface area contributed by atoms with E-state index in [1.165, 1.54) is 0 Å². The van der Waals surface area contributed by atoms with Crippen molar-refractivity contribution in [1.82, 2.24) is 4.90 Å². The Balaban J connectivity index is 2.67. The van der Waals surface area contributed by atoms with E-state index in [1.807, 2.05) is 37.3 Å². The fourth-order valence-corrected chi connectivity index (χ4v) is 1.22. The second kappa shape index (κ2) is 5.11. The summed E-state index contributed by atoms with van der Waals surface area (Å²) in [5, 5.41) is 11.5. The Morgan fingerprint density at radius 3 is 2.57 bits per heavy atom. The first-order valence-corrected chi connectivity index (χ1v) is 4.54. The van der Waals surface area contributed by atoms with Crippen LogP contribution in [0, 0.1) is 0 Å². The van der Waals surface area contributed by atoms with Gasteiger partial charge in [0.1, 0.15) is 0 Å². The van der Waals surface area contributed by atoms with E-state index in [1.54, 1.807) is 4.90 Å². The molecule has 0 aliphatic rings. The number of oxime groups is 1. The van der Waals surface area contributed by atoms with E-state index >= 15 is 0 Å². The molecule has 0 aliphatic heterocycles. The Bertz CT molecular complexity index is 297. The third-order valence-electron chi connectivity index (χ3n) is 2.02. The van der Waals surface area contributed by atoms with Crippen LogP contribution < -0.4 is 5.73 Å². The number of hydrogen-bond donors (Lipinski definition) is 2. The van der Waals surface area contributed by atoms with Gasteiger partial charge in [0.25, 0.3) is 0 Å². The summed E-state index contributed by atoms with van der Waals surface area (Å²) in [5.41, 5.74) is 6.64. The van der Waals surface area contributed by atoms with Crippen molar-refractivity contribution in [3.05, 3.63) is 35.9 Å². The molecule has 0 aromatic heterocycles. The average molecular weight is 193 g/mol. The van der Waals surface area contributed by atoms with E-state index in [0.29, 0.717) is 13.1 Å². The number of benzene rings is 1. The van der Waals surface area contributed by atoms with Crippen molar-refractivity contribution in [3.8, 4) is 0 Å². The second-order valence-corrected chi connectivity index (χ2v) is 2.96. The fourth-order valence-electron chi connectivity index (χ4n) is 1.22. The van der Waals surface area contributed by atoms with Gasteiger partial charge in [-0.25, -0.2) is 0 Å². The molecule has 0 saturated carbocycles. The zero-order chi connectivity index (χ0) is 10.4. The van der Waals surface area contributed by atoms with E-state index in [-0.39, 0.29) is 5.96 Å². The molecule has 3 N–H and O–H groups in total. The third kappa shape index (κ3) is 2.65. The molecular weight excluding hydrogens is 178 g/mol. The van der Waals surface area contributed by atoms with Crippen LogP contribution in [0.3, 0.4) is 0 Å². The molecule has 4 heteroatoms. The van der Waals surface area contributed by atoms with Crippen molar-refractivity contribution >= 4 is 5.96 Å². The maximum absolute atomic E-state index is 8.54. The van der Waals surface area contributed by atoms with Gasteiger partial charge in [0.05, 0.1) is 0 Å². The number of nitrogens with zero attached hydrogens (tertiary/aromatic N) is 2. The second-order valence-electron chi connectivity index (χ2n) is 2.96. The van der Waals surface area contributed by atoms with Crippen molar-refractivity contribution in [1.29, 1.82) is 0 Å². The molecular formula is C10H15N3O. The molecule has 0 amide bonds. The predicted molar refractivity (Wildman–Crippen MR) is 55.9 cm³/mol. The van der Waals surface area contributed by atoms with Crippen molar-refractivity contribution < 1.29 is 5.21 Å². The monoisotopic (exact) mass is 193 g/mol. The summed E-state index contributed by atoms with van der Waals surface area (Å²) >= 11 is 0. The summed E-state index contributed by atoms with van der Waals surface area (Å²) in [6.45, 7) is 3.33. The molecule has 14 heavy (non-hydrogen) atoms. The molecule has 1 aromatic rings. The van der Waals surface area contributed by atoms with Gasteiger partial charge in [-0.3, -0.25) is 0 Å². The van der Waals surface area contributed by atoms with Crippen LogP contribution in [0.2, 0.25) is 0 Å². The molecule has 0 bridgehead atoms. The summed E-state index contributed by atoms with van der Waals surface area (Å²) in [6.07, 6.45) is 0. The van der Waals surface area contributed by atoms with Crippen LogP contribution in [0.5, 0.6) is 0 Å². The normalized spacial score (nSPS) is 11.4. The van der Waals surface area contributed by atoms with Gasteiger partial charge >= 0.3 is 0 Å². The minimum absolute atomic E-state index is 0.149. The summed E-state index contributed by atoms with van der Waals surface area (Å²) in [4.78, 5) is 1.79. The zero-order valence-electron chi connectivity index (χ0n) is 8.22. The Morgan fingerprint density at radius 2 is 2.07 bits per heavy atom. The molecule has 1 aromatic carbocycles. The molecule has 1 rings (SSSR count). The van der Waals surface area contributed by atoms with Crippen molar-refractivity contribution in [2.45, 2.75) is 13.5 Å². The largest absolute Gasteiger partial charge is 0.408 e. The van der Waals surface area contributed by atoms with E-state index in [2.05, 4.69) is 5.16 Å². The lowest BCUT2D eigenvalue weighted by Crippen LogP contribution is -2.36. The number of hydrogen-bond acceptors (Lipinski definition) is 2. The fraction of sp³-hybridized carbons (Fsp3) is 0.300. The molecule has 76 valence electrons. The van der Waals surface area contributed by atoms with Gasteiger partial charge in [-0.1, -0.05) is 35.5 Å². The molecule has 0 radical (unpaired) electrons. The maximum Gasteiger partial charge on any atom is 0.233 e. The van der Waals surface area contributed by atoms with Crippen LogP contribution in [-0.2, 0) is 6.54 Å². The lowest BCUT2D eigenvalue weighted by molar-refractivity contribution is 0.298. The first kappa shape index (κ1) is 10.4. The van der Waals surface area contributed by atoms with Gasteiger partial charge in [-0.15, -0.1) is 0 Å². The van der Waals surface area contributed by atoms with Crippen LogP contribution >= 0.6 is 0 Å². The molecule has 0 atom stereocenters. The molecule has 0 aliphatic carbocycles. The number of rotatable bonds is 3. The minimum Gasteiger partial charge on any atom is -0.408 e. The summed E-state index contributed by atoms with van der Waals surface area (Å²) in [5.74, 6) is 0.149. The number of guanidine groups is 1. The van der Waals surface area contributed by atoms with Crippen molar-refractivity contribution in [2.75, 3.05) is 6.54 Å². The smallest absolute Gasteiger partial charge is 0.233 e. The highest BCUT2D eigenvalue weighted by atomic mass is 16.4. The highest BCUT2D eigenvalue weighted by Gasteiger charge is 2.05. The van der Waals surface area contributed by atoms with Gasteiger partial charge in [-0.2, -0.15) is 0 Å². The van der Waals surface area contributed by atoms with Crippen LogP contribution in [0.25, 0.3) is 0 Å². The third-order valence-corrected chi connectivity index (χ3v) is 2.02. The van der Waals surface area contributed by atoms with Gasteiger partial charge in [-0.05, 0) is 12.5 Å². The topological polar surface area (TPSA) is 61.8 Å². The SMILES string of the molecule is CCN(Cc1ccccc1)/C(N)=N/O. The quantitative estimate of drug-likeness (QED) is 0.328. The van der Waals surface area contributed by atoms with Crippen LogP contribution in [-0.4, -0.2) is 22.6 Å². The average Bonchev–Trinajstić information content (AvgIpc) is 2.26. The molecule has 0 heterocycles. The van der Waals surface area contributed by atoms with Crippen LogP contribution in [0.4, 0.5) is 0 Å². The first-order valence-electron chi connectivity index (χ1n) is 4.54. The van der Waals surface area contributed by atoms with E-state index in [9.17, 15) is 0 Å². The predicted octanol–water partition coefficient (Wildman–Crippen LogP) is 1.21. The zero-order valence-corrected chi connectivity index (χ0v) is 8.22. The molecule has 0 unspecified atom stereocenters. The maximum atomic E-state index is 8.54. The standard InChI is InChI=1S/C10H15N3O/c1-2-13(10(11)12-14)8-9-6-4-3-5-7-9/h3-7,14H,2,8H2,1H3,(H2,11,12). The van der Waals surface area contributed by atoms with Crippen LogP contribution in [0.15, 0.2) is 35.5 Å². The minimum atomic E-state index is 0.149. The lowest BCUT2D eigenvalue weighted by atomic mass is 10.2. The van der Waals surface area contributed by atoms with Gasteiger partial charge in [0.15, 0.2) is 0 Å². The molecule has 4 nitrogen and oxygen atoms in total. The first-order chi connectivity index (χ1) is 6.77. The molecule has 0 spiro atoms. The van der Waals surface area contributed by atoms with Crippen LogP contribution in [0.1, 0.15) is 12.5 Å². The van der Waals surface area contributed by atoms with Gasteiger partial charge in [0, 0.05) is 13.1 Å². The summed E-state index contributed by atoms with van der Waals surface area (Å²) < 4.78 is 0. The lowest BCUT2D eigenvalue weighted by Gasteiger charge is -2.20. The summed E-state index contributed by atoms with van der Waals surface area (Å²) in [7, 11) is 0.